The van der Waals surface area contributed by atoms with Crippen LogP contribution in [0.4, 0.5) is 0 Å². The molecule has 1 fully saturated rings. The van der Waals surface area contributed by atoms with Gasteiger partial charge in [0.1, 0.15) is 5.76 Å². The van der Waals surface area contributed by atoms with Crippen molar-refractivity contribution in [2.45, 2.75) is 30.3 Å². The van der Waals surface area contributed by atoms with Crippen molar-refractivity contribution in [3.05, 3.63) is 52.9 Å². The van der Waals surface area contributed by atoms with Crippen LogP contribution in [-0.2, 0) is 16.6 Å². The molecule has 2 aromatic rings. The summed E-state index contributed by atoms with van der Waals surface area (Å²) in [7, 11) is 1.28. The molecule has 0 N–H and O–H groups in total. The Labute approximate surface area is 176 Å². The molecular formula is C20H26ClN3O4S. The largest absolute Gasteiger partial charge is 0.467 e. The van der Waals surface area contributed by atoms with Crippen molar-refractivity contribution >= 4 is 27.5 Å². The smallest absolute Gasteiger partial charge is 0.256 e. The van der Waals surface area contributed by atoms with Gasteiger partial charge in [-0.2, -0.15) is 0 Å². The van der Waals surface area contributed by atoms with Crippen LogP contribution in [0.5, 0.6) is 0 Å². The summed E-state index contributed by atoms with van der Waals surface area (Å²) in [5.74, 6) is 0.377. The number of halogens is 1. The topological polar surface area (TPSA) is 74.1 Å². The second-order valence-corrected chi connectivity index (χ2v) is 10.0. The molecule has 1 aromatic carbocycles. The van der Waals surface area contributed by atoms with Crippen molar-refractivity contribution in [1.82, 2.24) is 14.1 Å². The van der Waals surface area contributed by atoms with Crippen LogP contribution in [0.25, 0.3) is 0 Å². The normalized spacial score (nSPS) is 16.3. The van der Waals surface area contributed by atoms with E-state index in [1.54, 1.807) is 17.2 Å². The Hall–Kier alpha value is -1.87. The maximum Gasteiger partial charge on any atom is 0.256 e. The molecule has 9 heteroatoms. The molecule has 1 aliphatic rings. The predicted molar refractivity (Wildman–Crippen MR) is 111 cm³/mol. The van der Waals surface area contributed by atoms with Crippen LogP contribution >= 0.6 is 11.6 Å². The number of carbonyl (C=O) groups excluding carboxylic acids is 1. The van der Waals surface area contributed by atoms with Crippen molar-refractivity contribution in [2.24, 2.45) is 0 Å². The predicted octanol–water partition coefficient (Wildman–Crippen LogP) is 2.92. The SMILES string of the molecule is CN1CCC(N(Cc2ccco2)C(=O)c2cc(S(=O)(=O)N(C)C)ccc2Cl)CC1. The van der Waals surface area contributed by atoms with Gasteiger partial charge in [0.2, 0.25) is 10.0 Å². The summed E-state index contributed by atoms with van der Waals surface area (Å²) in [5, 5.41) is 0.227. The molecule has 7 nitrogen and oxygen atoms in total. The molecule has 29 heavy (non-hydrogen) atoms. The first-order valence-electron chi connectivity index (χ1n) is 9.44. The molecule has 3 rings (SSSR count). The minimum atomic E-state index is -3.68. The van der Waals surface area contributed by atoms with Crippen molar-refractivity contribution in [3.63, 3.8) is 0 Å². The molecule has 0 bridgehead atoms. The van der Waals surface area contributed by atoms with Crippen molar-refractivity contribution in [3.8, 4) is 0 Å². The van der Waals surface area contributed by atoms with Gasteiger partial charge < -0.3 is 14.2 Å². The zero-order chi connectivity index (χ0) is 21.2. The third kappa shape index (κ3) is 4.83. The summed E-state index contributed by atoms with van der Waals surface area (Å²) in [5.41, 5.74) is 0.181. The van der Waals surface area contributed by atoms with Gasteiger partial charge in [-0.05, 0) is 63.3 Å². The van der Waals surface area contributed by atoms with Crippen LogP contribution in [0, 0.1) is 0 Å². The lowest BCUT2D eigenvalue weighted by molar-refractivity contribution is 0.0550. The zero-order valence-electron chi connectivity index (χ0n) is 16.8. The van der Waals surface area contributed by atoms with Crippen molar-refractivity contribution in [1.29, 1.82) is 0 Å². The summed E-state index contributed by atoms with van der Waals surface area (Å²) in [6, 6.07) is 7.87. The first-order chi connectivity index (χ1) is 13.7. The van der Waals surface area contributed by atoms with Gasteiger partial charge in [0.05, 0.1) is 28.3 Å². The average molecular weight is 440 g/mol. The van der Waals surface area contributed by atoms with Crippen LogP contribution in [0.3, 0.4) is 0 Å². The lowest BCUT2D eigenvalue weighted by atomic mass is 10.0. The van der Waals surface area contributed by atoms with Gasteiger partial charge in [-0.25, -0.2) is 12.7 Å². The standard InChI is InChI=1S/C20H26ClN3O4S/c1-22(2)29(26,27)17-6-7-19(21)18(13-17)20(25)24(14-16-5-4-12-28-16)15-8-10-23(3)11-9-15/h4-7,12-13,15H,8-11,14H2,1-3H3. The summed E-state index contributed by atoms with van der Waals surface area (Å²) >= 11 is 6.32. The van der Waals surface area contributed by atoms with Crippen LogP contribution in [-0.4, -0.2) is 68.7 Å². The minimum Gasteiger partial charge on any atom is -0.467 e. The molecule has 0 saturated carbocycles. The van der Waals surface area contributed by atoms with E-state index in [0.29, 0.717) is 12.3 Å². The molecule has 1 saturated heterocycles. The summed E-state index contributed by atoms with van der Waals surface area (Å²) in [4.78, 5) is 17.5. The van der Waals surface area contributed by atoms with Gasteiger partial charge >= 0.3 is 0 Å². The van der Waals surface area contributed by atoms with Crippen LogP contribution in [0.2, 0.25) is 5.02 Å². The van der Waals surface area contributed by atoms with E-state index in [1.165, 1.54) is 32.3 Å². The number of piperidine rings is 1. The Balaban J connectivity index is 1.96. The summed E-state index contributed by atoms with van der Waals surface area (Å²) < 4.78 is 31.6. The third-order valence-corrected chi connectivity index (χ3v) is 7.38. The van der Waals surface area contributed by atoms with Crippen molar-refractivity contribution in [2.75, 3.05) is 34.2 Å². The molecule has 2 heterocycles. The fraction of sp³-hybridized carbons (Fsp3) is 0.450. The number of nitrogens with zero attached hydrogens (tertiary/aromatic N) is 3. The molecule has 1 amide bonds. The second-order valence-electron chi connectivity index (χ2n) is 7.48. The molecule has 0 atom stereocenters. The fourth-order valence-corrected chi connectivity index (χ4v) is 4.56. The monoisotopic (exact) mass is 439 g/mol. The summed E-state index contributed by atoms with van der Waals surface area (Å²) in [6.07, 6.45) is 3.23. The van der Waals surface area contributed by atoms with E-state index in [4.69, 9.17) is 16.0 Å². The van der Waals surface area contributed by atoms with Gasteiger partial charge in [0.25, 0.3) is 5.91 Å². The van der Waals surface area contributed by atoms with E-state index in [1.807, 2.05) is 6.07 Å². The van der Waals surface area contributed by atoms with Crippen LogP contribution in [0.15, 0.2) is 45.9 Å². The second kappa shape index (κ2) is 8.87. The molecule has 158 valence electrons. The number of carbonyl (C=O) groups is 1. The first kappa shape index (κ1) is 21.8. The molecule has 1 aromatic heterocycles. The number of hydrogen-bond acceptors (Lipinski definition) is 5. The number of likely N-dealkylation sites (tertiary alicyclic amines) is 1. The first-order valence-corrected chi connectivity index (χ1v) is 11.3. The maximum absolute atomic E-state index is 13.5. The summed E-state index contributed by atoms with van der Waals surface area (Å²) in [6.45, 7) is 2.08. The van der Waals surface area contributed by atoms with Crippen LogP contribution in [0.1, 0.15) is 29.0 Å². The number of rotatable bonds is 6. The Morgan fingerprint density at radius 3 is 2.52 bits per heavy atom. The third-order valence-electron chi connectivity index (χ3n) is 5.24. The lowest BCUT2D eigenvalue weighted by Crippen LogP contribution is -2.46. The zero-order valence-corrected chi connectivity index (χ0v) is 18.4. The Morgan fingerprint density at radius 1 is 1.24 bits per heavy atom. The van der Waals surface area contributed by atoms with E-state index >= 15 is 0 Å². The Kier molecular flexibility index (Phi) is 6.68. The average Bonchev–Trinajstić information content (AvgIpc) is 3.20. The van der Waals surface area contributed by atoms with Gasteiger partial charge in [-0.1, -0.05) is 11.6 Å². The number of furan rings is 1. The van der Waals surface area contributed by atoms with Gasteiger partial charge in [-0.15, -0.1) is 0 Å². The highest BCUT2D eigenvalue weighted by Crippen LogP contribution is 2.27. The molecule has 0 unspecified atom stereocenters. The molecule has 0 radical (unpaired) electrons. The number of benzene rings is 1. The highest BCUT2D eigenvalue weighted by molar-refractivity contribution is 7.89. The molecule has 0 spiro atoms. The quantitative estimate of drug-likeness (QED) is 0.691. The number of amides is 1. The Morgan fingerprint density at radius 2 is 1.93 bits per heavy atom. The van der Waals surface area contributed by atoms with Crippen molar-refractivity contribution < 1.29 is 17.6 Å². The number of sulfonamides is 1. The number of hydrogen-bond donors (Lipinski definition) is 0. The van der Waals surface area contributed by atoms with Gasteiger partial charge in [0, 0.05) is 20.1 Å². The van der Waals surface area contributed by atoms with E-state index in [0.717, 1.165) is 30.2 Å². The van der Waals surface area contributed by atoms with E-state index in [2.05, 4.69) is 11.9 Å². The maximum atomic E-state index is 13.5. The molecule has 0 aliphatic carbocycles. The highest BCUT2D eigenvalue weighted by atomic mass is 35.5. The van der Waals surface area contributed by atoms with E-state index in [9.17, 15) is 13.2 Å². The van der Waals surface area contributed by atoms with Gasteiger partial charge in [0.15, 0.2) is 0 Å². The highest BCUT2D eigenvalue weighted by Gasteiger charge is 2.30. The molecule has 1 aliphatic heterocycles. The lowest BCUT2D eigenvalue weighted by Gasteiger charge is -2.37. The van der Waals surface area contributed by atoms with E-state index < -0.39 is 10.0 Å². The van der Waals surface area contributed by atoms with E-state index in [-0.39, 0.29) is 27.4 Å². The fourth-order valence-electron chi connectivity index (χ4n) is 3.44. The Bertz CT molecular complexity index is 952. The van der Waals surface area contributed by atoms with Gasteiger partial charge in [-0.3, -0.25) is 4.79 Å². The minimum absolute atomic E-state index is 0.0222. The van der Waals surface area contributed by atoms with Crippen LogP contribution < -0.4 is 0 Å². The molecular weight excluding hydrogens is 414 g/mol.